The SMILES string of the molecule is CC(C)(N)C(=O)Nc1ccccc1N1CCCCC1. The van der Waals surface area contributed by atoms with Gasteiger partial charge in [0.05, 0.1) is 16.9 Å². The van der Waals surface area contributed by atoms with Gasteiger partial charge in [-0.25, -0.2) is 0 Å². The number of nitrogens with two attached hydrogens (primary N) is 1. The van der Waals surface area contributed by atoms with Crippen molar-refractivity contribution in [2.75, 3.05) is 23.3 Å². The van der Waals surface area contributed by atoms with E-state index in [1.54, 1.807) is 13.8 Å². The monoisotopic (exact) mass is 261 g/mol. The number of hydrogen-bond acceptors (Lipinski definition) is 3. The highest BCUT2D eigenvalue weighted by atomic mass is 16.2. The number of anilines is 2. The molecule has 0 bridgehead atoms. The zero-order valence-corrected chi connectivity index (χ0v) is 11.8. The standard InChI is InChI=1S/C15H23N3O/c1-15(2,16)14(19)17-12-8-4-5-9-13(12)18-10-6-3-7-11-18/h4-5,8-9H,3,6-7,10-11,16H2,1-2H3,(H,17,19). The molecule has 2 rings (SSSR count). The molecule has 1 saturated heterocycles. The summed E-state index contributed by atoms with van der Waals surface area (Å²) < 4.78 is 0. The molecule has 4 nitrogen and oxygen atoms in total. The molecule has 0 spiro atoms. The second-order valence-electron chi connectivity index (χ2n) is 5.74. The Morgan fingerprint density at radius 3 is 2.47 bits per heavy atom. The third kappa shape index (κ3) is 3.47. The van der Waals surface area contributed by atoms with Crippen LogP contribution in [0, 0.1) is 0 Å². The van der Waals surface area contributed by atoms with Gasteiger partial charge in [0.1, 0.15) is 0 Å². The summed E-state index contributed by atoms with van der Waals surface area (Å²) in [5.41, 5.74) is 6.92. The van der Waals surface area contributed by atoms with Crippen LogP contribution in [0.2, 0.25) is 0 Å². The third-order valence-electron chi connectivity index (χ3n) is 3.43. The Morgan fingerprint density at radius 2 is 1.84 bits per heavy atom. The summed E-state index contributed by atoms with van der Waals surface area (Å²) in [6, 6.07) is 7.94. The Hall–Kier alpha value is -1.55. The molecule has 1 aliphatic rings. The summed E-state index contributed by atoms with van der Waals surface area (Å²) in [6.45, 7) is 5.54. The van der Waals surface area contributed by atoms with Crippen molar-refractivity contribution in [2.24, 2.45) is 5.73 Å². The zero-order chi connectivity index (χ0) is 13.9. The minimum atomic E-state index is -0.866. The van der Waals surface area contributed by atoms with E-state index in [2.05, 4.69) is 16.3 Å². The van der Waals surface area contributed by atoms with E-state index in [9.17, 15) is 4.79 Å². The Bertz CT molecular complexity index is 445. The largest absolute Gasteiger partial charge is 0.370 e. The molecular weight excluding hydrogens is 238 g/mol. The normalized spacial score (nSPS) is 16.3. The van der Waals surface area contributed by atoms with Gasteiger partial charge in [0.25, 0.3) is 0 Å². The highest BCUT2D eigenvalue weighted by Crippen LogP contribution is 2.28. The van der Waals surface area contributed by atoms with Crippen LogP contribution in [0.3, 0.4) is 0 Å². The van der Waals surface area contributed by atoms with Crippen molar-refractivity contribution in [3.63, 3.8) is 0 Å². The Kier molecular flexibility index (Phi) is 4.10. The van der Waals surface area contributed by atoms with Crippen LogP contribution < -0.4 is 16.0 Å². The van der Waals surface area contributed by atoms with Crippen LogP contribution >= 0.6 is 0 Å². The molecule has 1 aromatic rings. The number of hydrogen-bond donors (Lipinski definition) is 2. The van der Waals surface area contributed by atoms with E-state index in [0.717, 1.165) is 24.5 Å². The van der Waals surface area contributed by atoms with E-state index in [1.807, 2.05) is 18.2 Å². The maximum Gasteiger partial charge on any atom is 0.243 e. The Balaban J connectivity index is 2.18. The number of piperidine rings is 1. The van der Waals surface area contributed by atoms with Crippen LogP contribution in [0.15, 0.2) is 24.3 Å². The summed E-state index contributed by atoms with van der Waals surface area (Å²) in [5, 5.41) is 2.94. The fourth-order valence-corrected chi connectivity index (χ4v) is 2.27. The number of carbonyl (C=O) groups is 1. The fourth-order valence-electron chi connectivity index (χ4n) is 2.27. The van der Waals surface area contributed by atoms with E-state index in [0.29, 0.717) is 0 Å². The first kappa shape index (κ1) is 13.9. The van der Waals surface area contributed by atoms with E-state index >= 15 is 0 Å². The van der Waals surface area contributed by atoms with Crippen molar-refractivity contribution >= 4 is 17.3 Å². The molecule has 4 heteroatoms. The fraction of sp³-hybridized carbons (Fsp3) is 0.533. The average Bonchev–Trinajstić information content (AvgIpc) is 2.39. The average molecular weight is 261 g/mol. The molecule has 104 valence electrons. The molecule has 1 heterocycles. The molecule has 0 aromatic heterocycles. The van der Waals surface area contributed by atoms with Crippen LogP contribution in [0.1, 0.15) is 33.1 Å². The smallest absolute Gasteiger partial charge is 0.243 e. The molecule has 1 fully saturated rings. The van der Waals surface area contributed by atoms with Crippen LogP contribution in [0.4, 0.5) is 11.4 Å². The van der Waals surface area contributed by atoms with Gasteiger partial charge in [-0.1, -0.05) is 12.1 Å². The van der Waals surface area contributed by atoms with E-state index < -0.39 is 5.54 Å². The first-order chi connectivity index (χ1) is 8.98. The number of rotatable bonds is 3. The van der Waals surface area contributed by atoms with E-state index in [4.69, 9.17) is 5.73 Å². The summed E-state index contributed by atoms with van der Waals surface area (Å²) >= 11 is 0. The summed E-state index contributed by atoms with van der Waals surface area (Å²) in [5.74, 6) is -0.156. The molecular formula is C15H23N3O. The highest BCUT2D eigenvalue weighted by molar-refractivity contribution is 5.99. The third-order valence-corrected chi connectivity index (χ3v) is 3.43. The van der Waals surface area contributed by atoms with Crippen LogP contribution in [0.5, 0.6) is 0 Å². The van der Waals surface area contributed by atoms with Crippen molar-refractivity contribution in [3.8, 4) is 0 Å². The Labute approximate surface area is 115 Å². The molecule has 1 aromatic carbocycles. The molecule has 3 N–H and O–H groups in total. The lowest BCUT2D eigenvalue weighted by molar-refractivity contribution is -0.120. The number of benzene rings is 1. The molecule has 0 aliphatic carbocycles. The van der Waals surface area contributed by atoms with Crippen molar-refractivity contribution in [1.29, 1.82) is 0 Å². The molecule has 1 aliphatic heterocycles. The molecule has 0 saturated carbocycles. The maximum atomic E-state index is 12.0. The molecule has 1 amide bonds. The van der Waals surface area contributed by atoms with Gasteiger partial charge in [-0.05, 0) is 45.2 Å². The molecule has 0 unspecified atom stereocenters. The summed E-state index contributed by atoms with van der Waals surface area (Å²) in [7, 11) is 0. The van der Waals surface area contributed by atoms with E-state index in [-0.39, 0.29) is 5.91 Å². The van der Waals surface area contributed by atoms with Crippen LogP contribution in [0.25, 0.3) is 0 Å². The van der Waals surface area contributed by atoms with Crippen molar-refractivity contribution in [2.45, 2.75) is 38.6 Å². The van der Waals surface area contributed by atoms with Gasteiger partial charge in [-0.2, -0.15) is 0 Å². The quantitative estimate of drug-likeness (QED) is 0.878. The predicted molar refractivity (Wildman–Crippen MR) is 79.4 cm³/mol. The number of nitrogens with zero attached hydrogens (tertiary/aromatic N) is 1. The van der Waals surface area contributed by atoms with Gasteiger partial charge >= 0.3 is 0 Å². The van der Waals surface area contributed by atoms with Gasteiger partial charge < -0.3 is 16.0 Å². The first-order valence-corrected chi connectivity index (χ1v) is 6.93. The lowest BCUT2D eigenvalue weighted by atomic mass is 10.1. The highest BCUT2D eigenvalue weighted by Gasteiger charge is 2.23. The minimum absolute atomic E-state index is 0.156. The zero-order valence-electron chi connectivity index (χ0n) is 11.8. The van der Waals surface area contributed by atoms with Gasteiger partial charge in [0.2, 0.25) is 5.91 Å². The van der Waals surface area contributed by atoms with Gasteiger partial charge in [-0.3, -0.25) is 4.79 Å². The maximum absolute atomic E-state index is 12.0. The van der Waals surface area contributed by atoms with Crippen molar-refractivity contribution < 1.29 is 4.79 Å². The van der Waals surface area contributed by atoms with Gasteiger partial charge in [0, 0.05) is 13.1 Å². The minimum Gasteiger partial charge on any atom is -0.370 e. The second-order valence-corrected chi connectivity index (χ2v) is 5.74. The lowest BCUT2D eigenvalue weighted by Gasteiger charge is -2.31. The van der Waals surface area contributed by atoms with Crippen LogP contribution in [-0.4, -0.2) is 24.5 Å². The van der Waals surface area contributed by atoms with Crippen LogP contribution in [-0.2, 0) is 4.79 Å². The van der Waals surface area contributed by atoms with Crippen molar-refractivity contribution in [1.82, 2.24) is 0 Å². The number of nitrogens with one attached hydrogen (secondary N) is 1. The molecule has 0 atom stereocenters. The number of para-hydroxylation sites is 2. The van der Waals surface area contributed by atoms with E-state index in [1.165, 1.54) is 19.3 Å². The topological polar surface area (TPSA) is 58.4 Å². The predicted octanol–water partition coefficient (Wildman–Crippen LogP) is 2.35. The molecule has 0 radical (unpaired) electrons. The Morgan fingerprint density at radius 1 is 1.21 bits per heavy atom. The molecule has 19 heavy (non-hydrogen) atoms. The summed E-state index contributed by atoms with van der Waals surface area (Å²) in [4.78, 5) is 14.4. The first-order valence-electron chi connectivity index (χ1n) is 6.93. The summed E-state index contributed by atoms with van der Waals surface area (Å²) in [6.07, 6.45) is 3.72. The number of amides is 1. The van der Waals surface area contributed by atoms with Gasteiger partial charge in [-0.15, -0.1) is 0 Å². The van der Waals surface area contributed by atoms with Gasteiger partial charge in [0.15, 0.2) is 0 Å². The number of carbonyl (C=O) groups excluding carboxylic acids is 1. The van der Waals surface area contributed by atoms with Crippen molar-refractivity contribution in [3.05, 3.63) is 24.3 Å². The second kappa shape index (κ2) is 5.61. The lowest BCUT2D eigenvalue weighted by Crippen LogP contribution is -2.45.